The smallest absolute Gasteiger partial charge is 0.115 e. The second-order valence-corrected chi connectivity index (χ2v) is 4.71. The molecule has 2 N–H and O–H groups in total. The van der Waals surface area contributed by atoms with Crippen LogP contribution in [0.25, 0.3) is 0 Å². The van der Waals surface area contributed by atoms with Crippen LogP contribution in [0.1, 0.15) is 25.1 Å². The average molecular weight is 245 g/mol. The van der Waals surface area contributed by atoms with E-state index in [0.717, 1.165) is 17.8 Å². The molecule has 2 aromatic rings. The first kappa shape index (κ1) is 12.6. The Morgan fingerprint density at radius 1 is 1.33 bits per heavy atom. The zero-order valence-corrected chi connectivity index (χ0v) is 10.8. The van der Waals surface area contributed by atoms with Crippen molar-refractivity contribution < 1.29 is 5.11 Å². The Hall–Kier alpha value is -1.81. The Kier molecular flexibility index (Phi) is 3.99. The Balaban J connectivity index is 1.98. The lowest BCUT2D eigenvalue weighted by molar-refractivity contribution is 0.474. The summed E-state index contributed by atoms with van der Waals surface area (Å²) in [5.74, 6) is 0.293. The van der Waals surface area contributed by atoms with E-state index in [0.29, 0.717) is 18.3 Å². The molecule has 0 atom stereocenters. The van der Waals surface area contributed by atoms with Gasteiger partial charge in [0.2, 0.25) is 0 Å². The Bertz CT molecular complexity index is 505. The number of phenols is 1. The fourth-order valence-corrected chi connectivity index (χ4v) is 1.74. The second-order valence-electron chi connectivity index (χ2n) is 4.71. The molecule has 0 saturated heterocycles. The van der Waals surface area contributed by atoms with Crippen molar-refractivity contribution in [3.8, 4) is 5.75 Å². The summed E-state index contributed by atoms with van der Waals surface area (Å²) in [6, 6.07) is 9.72. The van der Waals surface area contributed by atoms with Crippen LogP contribution in [0.2, 0.25) is 0 Å². The predicted octanol–water partition coefficient (Wildman–Crippen LogP) is 2.13. The van der Waals surface area contributed by atoms with Gasteiger partial charge in [0.05, 0.1) is 12.2 Å². The molecule has 0 radical (unpaired) electrons. The molecule has 0 bridgehead atoms. The summed E-state index contributed by atoms with van der Waals surface area (Å²) in [6.45, 7) is 5.69. The number of aromatic nitrogens is 2. The molecule has 0 fully saturated rings. The lowest BCUT2D eigenvalue weighted by atomic mass is 10.2. The normalized spacial score (nSPS) is 11.1. The molecule has 2 rings (SSSR count). The van der Waals surface area contributed by atoms with E-state index in [-0.39, 0.29) is 0 Å². The number of nitrogens with one attached hydrogen (secondary N) is 1. The third-order valence-electron chi connectivity index (χ3n) is 2.64. The summed E-state index contributed by atoms with van der Waals surface area (Å²) in [5, 5.41) is 17.2. The highest BCUT2D eigenvalue weighted by molar-refractivity contribution is 5.27. The van der Waals surface area contributed by atoms with Gasteiger partial charge in [0, 0.05) is 18.8 Å². The first-order valence-corrected chi connectivity index (χ1v) is 6.17. The van der Waals surface area contributed by atoms with Crippen LogP contribution in [0.4, 0.5) is 0 Å². The van der Waals surface area contributed by atoms with Crippen molar-refractivity contribution >= 4 is 0 Å². The van der Waals surface area contributed by atoms with Gasteiger partial charge in [-0.1, -0.05) is 26.0 Å². The topological polar surface area (TPSA) is 50.1 Å². The third-order valence-corrected chi connectivity index (χ3v) is 2.64. The molecule has 1 aromatic carbocycles. The van der Waals surface area contributed by atoms with Crippen LogP contribution < -0.4 is 5.32 Å². The Labute approximate surface area is 107 Å². The molecular formula is C14H19N3O. The maximum atomic E-state index is 9.40. The van der Waals surface area contributed by atoms with Crippen LogP contribution in [0.5, 0.6) is 5.75 Å². The summed E-state index contributed by atoms with van der Waals surface area (Å²) in [5.41, 5.74) is 2.07. The summed E-state index contributed by atoms with van der Waals surface area (Å²) in [6.07, 6.45) is 1.96. The van der Waals surface area contributed by atoms with Crippen molar-refractivity contribution in [1.29, 1.82) is 0 Å². The summed E-state index contributed by atoms with van der Waals surface area (Å²) < 4.78 is 1.88. The highest BCUT2D eigenvalue weighted by Gasteiger charge is 2.01. The molecule has 0 amide bonds. The number of phenolic OH excluding ortho intramolecular Hbond substituents is 1. The van der Waals surface area contributed by atoms with E-state index in [4.69, 9.17) is 0 Å². The van der Waals surface area contributed by atoms with Crippen LogP contribution in [-0.2, 0) is 13.1 Å². The minimum Gasteiger partial charge on any atom is -0.508 e. The Morgan fingerprint density at radius 3 is 2.89 bits per heavy atom. The van der Waals surface area contributed by atoms with Gasteiger partial charge < -0.3 is 10.4 Å². The minimum absolute atomic E-state index is 0.293. The number of rotatable bonds is 5. The van der Waals surface area contributed by atoms with Gasteiger partial charge in [-0.3, -0.25) is 4.68 Å². The van der Waals surface area contributed by atoms with Crippen LogP contribution in [0.3, 0.4) is 0 Å². The molecule has 0 aliphatic carbocycles. The van der Waals surface area contributed by atoms with Gasteiger partial charge in [-0.15, -0.1) is 0 Å². The van der Waals surface area contributed by atoms with Gasteiger partial charge >= 0.3 is 0 Å². The van der Waals surface area contributed by atoms with E-state index in [1.807, 2.05) is 29.1 Å². The van der Waals surface area contributed by atoms with Gasteiger partial charge in [-0.25, -0.2) is 0 Å². The van der Waals surface area contributed by atoms with Crippen molar-refractivity contribution in [1.82, 2.24) is 15.1 Å². The molecule has 0 saturated carbocycles. The lowest BCUT2D eigenvalue weighted by Crippen LogP contribution is -2.22. The summed E-state index contributed by atoms with van der Waals surface area (Å²) in [4.78, 5) is 0. The number of aromatic hydroxyl groups is 1. The third kappa shape index (κ3) is 3.60. The quantitative estimate of drug-likeness (QED) is 0.848. The van der Waals surface area contributed by atoms with Gasteiger partial charge in [0.25, 0.3) is 0 Å². The number of hydrogen-bond donors (Lipinski definition) is 2. The largest absolute Gasteiger partial charge is 0.508 e. The fourth-order valence-electron chi connectivity index (χ4n) is 1.74. The van der Waals surface area contributed by atoms with Gasteiger partial charge in [0.15, 0.2) is 0 Å². The standard InChI is InChI=1S/C14H19N3O/c1-11(2)15-9-13-6-7-17(16-13)10-12-4-3-5-14(18)8-12/h3-8,11,15,18H,9-10H2,1-2H3. The maximum absolute atomic E-state index is 9.40. The lowest BCUT2D eigenvalue weighted by Gasteiger charge is -2.05. The zero-order valence-electron chi connectivity index (χ0n) is 10.8. The molecule has 4 nitrogen and oxygen atoms in total. The van der Waals surface area contributed by atoms with E-state index in [1.54, 1.807) is 12.1 Å². The van der Waals surface area contributed by atoms with E-state index < -0.39 is 0 Å². The number of benzene rings is 1. The highest BCUT2D eigenvalue weighted by atomic mass is 16.3. The van der Waals surface area contributed by atoms with Crippen LogP contribution in [-0.4, -0.2) is 20.9 Å². The molecule has 1 heterocycles. The molecule has 18 heavy (non-hydrogen) atoms. The summed E-state index contributed by atoms with van der Waals surface area (Å²) >= 11 is 0. The highest BCUT2D eigenvalue weighted by Crippen LogP contribution is 2.12. The molecule has 0 spiro atoms. The van der Waals surface area contributed by atoms with Crippen molar-refractivity contribution in [3.63, 3.8) is 0 Å². The van der Waals surface area contributed by atoms with Crippen molar-refractivity contribution in [2.45, 2.75) is 33.0 Å². The van der Waals surface area contributed by atoms with Crippen LogP contribution in [0, 0.1) is 0 Å². The molecule has 0 aliphatic heterocycles. The molecule has 96 valence electrons. The zero-order chi connectivity index (χ0) is 13.0. The van der Waals surface area contributed by atoms with Crippen molar-refractivity contribution in [3.05, 3.63) is 47.8 Å². The second kappa shape index (κ2) is 5.69. The Morgan fingerprint density at radius 2 is 2.17 bits per heavy atom. The van der Waals surface area contributed by atoms with Crippen molar-refractivity contribution in [2.24, 2.45) is 0 Å². The average Bonchev–Trinajstić information content (AvgIpc) is 2.74. The first-order chi connectivity index (χ1) is 8.63. The fraction of sp³-hybridized carbons (Fsp3) is 0.357. The molecule has 4 heteroatoms. The van der Waals surface area contributed by atoms with Gasteiger partial charge in [0.1, 0.15) is 5.75 Å². The van der Waals surface area contributed by atoms with E-state index in [1.165, 1.54) is 0 Å². The minimum atomic E-state index is 0.293. The monoisotopic (exact) mass is 245 g/mol. The predicted molar refractivity (Wildman–Crippen MR) is 71.4 cm³/mol. The van der Waals surface area contributed by atoms with E-state index in [9.17, 15) is 5.11 Å². The van der Waals surface area contributed by atoms with Crippen LogP contribution >= 0.6 is 0 Å². The van der Waals surface area contributed by atoms with Crippen LogP contribution in [0.15, 0.2) is 36.5 Å². The van der Waals surface area contributed by atoms with E-state index in [2.05, 4.69) is 24.3 Å². The number of hydrogen-bond acceptors (Lipinski definition) is 3. The molecule has 1 aromatic heterocycles. The van der Waals surface area contributed by atoms with E-state index >= 15 is 0 Å². The first-order valence-electron chi connectivity index (χ1n) is 6.17. The maximum Gasteiger partial charge on any atom is 0.115 e. The molecular weight excluding hydrogens is 226 g/mol. The molecule has 0 unspecified atom stereocenters. The van der Waals surface area contributed by atoms with Gasteiger partial charge in [-0.05, 0) is 23.8 Å². The summed E-state index contributed by atoms with van der Waals surface area (Å²) in [7, 11) is 0. The number of nitrogens with zero attached hydrogens (tertiary/aromatic N) is 2. The van der Waals surface area contributed by atoms with Gasteiger partial charge in [-0.2, -0.15) is 5.10 Å². The molecule has 0 aliphatic rings. The van der Waals surface area contributed by atoms with Crippen molar-refractivity contribution in [2.75, 3.05) is 0 Å². The SMILES string of the molecule is CC(C)NCc1ccn(Cc2cccc(O)c2)n1.